The zero-order chi connectivity index (χ0) is 15.8. The molecule has 0 saturated carbocycles. The van der Waals surface area contributed by atoms with Crippen LogP contribution in [0.2, 0.25) is 0 Å². The maximum Gasteiger partial charge on any atom is 0.226 e. The molecule has 1 unspecified atom stereocenters. The van der Waals surface area contributed by atoms with E-state index in [1.807, 2.05) is 6.92 Å². The molecule has 0 amide bonds. The average molecular weight is 449 g/mol. The number of hydrogen-bond donors (Lipinski definition) is 2. The van der Waals surface area contributed by atoms with Gasteiger partial charge in [-0.2, -0.15) is 16.3 Å². The van der Waals surface area contributed by atoms with Crippen LogP contribution < -0.4 is 10.6 Å². The van der Waals surface area contributed by atoms with Crippen LogP contribution in [0.25, 0.3) is 0 Å². The molecule has 1 atom stereocenters. The Hall–Kier alpha value is -1.16. The molecule has 128 valence electrons. The van der Waals surface area contributed by atoms with Crippen LogP contribution in [-0.2, 0) is 6.42 Å². The first-order chi connectivity index (χ1) is 10.7. The zero-order valence-corrected chi connectivity index (χ0v) is 16.9. The molecule has 0 bridgehead atoms. The van der Waals surface area contributed by atoms with Crippen molar-refractivity contribution in [2.75, 3.05) is 20.1 Å². The summed E-state index contributed by atoms with van der Waals surface area (Å²) in [6.45, 7) is 5.71. The number of aryl methyl sites for hydroxylation is 2. The van der Waals surface area contributed by atoms with E-state index in [-0.39, 0.29) is 24.0 Å². The molecule has 2 heterocycles. The van der Waals surface area contributed by atoms with Crippen LogP contribution in [-0.4, -0.2) is 36.2 Å². The minimum Gasteiger partial charge on any atom is -0.356 e. The largest absolute Gasteiger partial charge is 0.356 e. The maximum atomic E-state index is 5.08. The number of halogens is 1. The monoisotopic (exact) mass is 449 g/mol. The van der Waals surface area contributed by atoms with Gasteiger partial charge in [0.1, 0.15) is 0 Å². The molecule has 0 aliphatic heterocycles. The smallest absolute Gasteiger partial charge is 0.226 e. The van der Waals surface area contributed by atoms with Crippen molar-refractivity contribution in [3.63, 3.8) is 0 Å². The molecule has 23 heavy (non-hydrogen) atoms. The van der Waals surface area contributed by atoms with Crippen molar-refractivity contribution in [2.24, 2.45) is 4.99 Å². The van der Waals surface area contributed by atoms with E-state index in [4.69, 9.17) is 4.52 Å². The molecule has 2 N–H and O–H groups in total. The van der Waals surface area contributed by atoms with Gasteiger partial charge < -0.3 is 15.2 Å². The molecule has 2 rings (SSSR count). The predicted octanol–water partition coefficient (Wildman–Crippen LogP) is 2.96. The number of thiophene rings is 1. The Kier molecular flexibility index (Phi) is 9.15. The number of hydrogen-bond acceptors (Lipinski definition) is 5. The van der Waals surface area contributed by atoms with Gasteiger partial charge in [-0.05, 0) is 41.7 Å². The summed E-state index contributed by atoms with van der Waals surface area (Å²) in [5.74, 6) is 2.66. The standard InChI is InChI=1S/C15H23N5OS.HI/c1-11(13-6-8-22-10-13)9-18-15(16-3)17-7-4-5-14-19-12(2)20-21-14;/h6,8,10-11H,4-5,7,9H2,1-3H3,(H2,16,17,18);1H. The van der Waals surface area contributed by atoms with E-state index in [9.17, 15) is 0 Å². The van der Waals surface area contributed by atoms with Crippen molar-refractivity contribution < 1.29 is 4.52 Å². The molecular weight excluding hydrogens is 425 g/mol. The van der Waals surface area contributed by atoms with Gasteiger partial charge in [0.25, 0.3) is 0 Å². The van der Waals surface area contributed by atoms with Crippen LogP contribution in [0.4, 0.5) is 0 Å². The second-order valence-electron chi connectivity index (χ2n) is 5.18. The normalized spacial score (nSPS) is 12.6. The summed E-state index contributed by atoms with van der Waals surface area (Å²) in [7, 11) is 1.78. The third kappa shape index (κ3) is 6.86. The predicted molar refractivity (Wildman–Crippen MR) is 105 cm³/mol. The van der Waals surface area contributed by atoms with Crippen molar-refractivity contribution in [1.82, 2.24) is 20.8 Å². The summed E-state index contributed by atoms with van der Waals surface area (Å²) in [4.78, 5) is 8.42. The van der Waals surface area contributed by atoms with Crippen molar-refractivity contribution >= 4 is 41.3 Å². The van der Waals surface area contributed by atoms with E-state index < -0.39 is 0 Å². The molecule has 8 heteroatoms. The van der Waals surface area contributed by atoms with E-state index in [1.165, 1.54) is 5.56 Å². The zero-order valence-electron chi connectivity index (χ0n) is 13.7. The molecular formula is C15H24IN5OS. The highest BCUT2D eigenvalue weighted by Crippen LogP contribution is 2.16. The molecule has 0 spiro atoms. The molecule has 0 aromatic carbocycles. The van der Waals surface area contributed by atoms with Gasteiger partial charge in [0.15, 0.2) is 11.8 Å². The summed E-state index contributed by atoms with van der Waals surface area (Å²) in [6.07, 6.45) is 1.69. The van der Waals surface area contributed by atoms with Crippen molar-refractivity contribution in [2.45, 2.75) is 32.6 Å². The van der Waals surface area contributed by atoms with Crippen molar-refractivity contribution in [1.29, 1.82) is 0 Å². The second-order valence-corrected chi connectivity index (χ2v) is 5.96. The van der Waals surface area contributed by atoms with E-state index in [0.29, 0.717) is 17.6 Å². The number of guanidine groups is 1. The number of rotatable bonds is 7. The SMILES string of the molecule is CN=C(NCCCc1nc(C)no1)NCC(C)c1ccsc1.I. The molecule has 0 aliphatic rings. The summed E-state index contributed by atoms with van der Waals surface area (Å²) in [5, 5.41) is 14.7. The number of aromatic nitrogens is 2. The Morgan fingerprint density at radius 1 is 1.43 bits per heavy atom. The van der Waals surface area contributed by atoms with E-state index in [1.54, 1.807) is 18.4 Å². The Labute approximate surface area is 158 Å². The summed E-state index contributed by atoms with van der Waals surface area (Å²) in [5.41, 5.74) is 1.36. The first kappa shape index (κ1) is 19.9. The topological polar surface area (TPSA) is 75.3 Å². The van der Waals surface area contributed by atoms with Gasteiger partial charge in [-0.15, -0.1) is 24.0 Å². The van der Waals surface area contributed by atoms with Gasteiger partial charge in [0.05, 0.1) is 0 Å². The quantitative estimate of drug-likeness (QED) is 0.294. The minimum atomic E-state index is 0. The van der Waals surface area contributed by atoms with Gasteiger partial charge in [-0.3, -0.25) is 4.99 Å². The Morgan fingerprint density at radius 3 is 2.87 bits per heavy atom. The number of nitrogens with zero attached hydrogens (tertiary/aromatic N) is 3. The third-order valence-electron chi connectivity index (χ3n) is 3.34. The fourth-order valence-corrected chi connectivity index (χ4v) is 2.81. The lowest BCUT2D eigenvalue weighted by molar-refractivity contribution is 0.372. The lowest BCUT2D eigenvalue weighted by Crippen LogP contribution is -2.39. The van der Waals surface area contributed by atoms with Crippen LogP contribution in [0, 0.1) is 6.92 Å². The number of nitrogens with one attached hydrogen (secondary N) is 2. The first-order valence-electron chi connectivity index (χ1n) is 7.45. The van der Waals surface area contributed by atoms with Crippen molar-refractivity contribution in [3.05, 3.63) is 34.1 Å². The summed E-state index contributed by atoms with van der Waals surface area (Å²) < 4.78 is 5.08. The van der Waals surface area contributed by atoms with Crippen molar-refractivity contribution in [3.8, 4) is 0 Å². The van der Waals surface area contributed by atoms with Gasteiger partial charge in [0.2, 0.25) is 5.89 Å². The fourth-order valence-electron chi connectivity index (χ4n) is 2.03. The fraction of sp³-hybridized carbons (Fsp3) is 0.533. The van der Waals surface area contributed by atoms with E-state index in [2.05, 4.69) is 49.5 Å². The van der Waals surface area contributed by atoms with Gasteiger partial charge in [-0.1, -0.05) is 12.1 Å². The molecule has 0 radical (unpaired) electrons. The third-order valence-corrected chi connectivity index (χ3v) is 4.04. The van der Waals surface area contributed by atoms with Gasteiger partial charge in [-0.25, -0.2) is 0 Å². The average Bonchev–Trinajstić information content (AvgIpc) is 3.18. The Bertz CT molecular complexity index is 584. The highest BCUT2D eigenvalue weighted by Gasteiger charge is 2.07. The molecule has 0 fully saturated rings. The van der Waals surface area contributed by atoms with Crippen LogP contribution in [0.15, 0.2) is 26.3 Å². The van der Waals surface area contributed by atoms with Gasteiger partial charge in [0, 0.05) is 26.6 Å². The lowest BCUT2D eigenvalue weighted by Gasteiger charge is -2.15. The van der Waals surface area contributed by atoms with Crippen LogP contribution in [0.1, 0.15) is 36.5 Å². The van der Waals surface area contributed by atoms with Crippen LogP contribution in [0.3, 0.4) is 0 Å². The molecule has 6 nitrogen and oxygen atoms in total. The second kappa shape index (κ2) is 10.6. The maximum absolute atomic E-state index is 5.08. The molecule has 0 aliphatic carbocycles. The van der Waals surface area contributed by atoms with E-state index >= 15 is 0 Å². The lowest BCUT2D eigenvalue weighted by atomic mass is 10.1. The highest BCUT2D eigenvalue weighted by atomic mass is 127. The number of aliphatic imine (C=N–C) groups is 1. The minimum absolute atomic E-state index is 0. The Morgan fingerprint density at radius 2 is 2.26 bits per heavy atom. The molecule has 2 aromatic rings. The molecule has 0 saturated heterocycles. The van der Waals surface area contributed by atoms with Gasteiger partial charge >= 0.3 is 0 Å². The van der Waals surface area contributed by atoms with Crippen LogP contribution in [0.5, 0.6) is 0 Å². The Balaban J connectivity index is 0.00000264. The molecule has 2 aromatic heterocycles. The summed E-state index contributed by atoms with van der Waals surface area (Å²) in [6, 6.07) is 2.17. The van der Waals surface area contributed by atoms with Crippen LogP contribution >= 0.6 is 35.3 Å². The van der Waals surface area contributed by atoms with E-state index in [0.717, 1.165) is 31.9 Å². The summed E-state index contributed by atoms with van der Waals surface area (Å²) >= 11 is 1.73. The highest BCUT2D eigenvalue weighted by molar-refractivity contribution is 14.0. The first-order valence-corrected chi connectivity index (χ1v) is 8.39.